The molecule has 0 aliphatic rings. The van der Waals surface area contributed by atoms with Crippen LogP contribution in [0.3, 0.4) is 0 Å². The molecule has 1 N–H and O–H groups in total. The summed E-state index contributed by atoms with van der Waals surface area (Å²) in [6, 6.07) is 11.1. The molecule has 0 radical (unpaired) electrons. The van der Waals surface area contributed by atoms with Crippen LogP contribution in [0.25, 0.3) is 0 Å². The molecular formula is C14H15ClO2S. The number of benzene rings is 1. The first-order valence-corrected chi connectivity index (χ1v) is 6.92. The Morgan fingerprint density at radius 1 is 1.28 bits per heavy atom. The number of halogens is 1. The third-order valence-electron chi connectivity index (χ3n) is 2.62. The lowest BCUT2D eigenvalue weighted by molar-refractivity contribution is 0.0492. The minimum absolute atomic E-state index is 0.318. The quantitative estimate of drug-likeness (QED) is 0.910. The van der Waals surface area contributed by atoms with Crippen molar-refractivity contribution in [2.24, 2.45) is 0 Å². The fourth-order valence-corrected chi connectivity index (χ4v) is 2.80. The van der Waals surface area contributed by atoms with Gasteiger partial charge >= 0.3 is 0 Å². The van der Waals surface area contributed by atoms with Crippen LogP contribution >= 0.6 is 22.9 Å². The second-order valence-corrected chi connectivity index (χ2v) is 5.93. The predicted molar refractivity (Wildman–Crippen MR) is 75.6 cm³/mol. The summed E-state index contributed by atoms with van der Waals surface area (Å²) in [4.78, 5) is 2.10. The number of rotatable bonds is 4. The topological polar surface area (TPSA) is 29.5 Å². The molecule has 18 heavy (non-hydrogen) atoms. The molecule has 96 valence electrons. The van der Waals surface area contributed by atoms with Crippen LogP contribution in [0.5, 0.6) is 5.75 Å². The van der Waals surface area contributed by atoms with Gasteiger partial charge in [0.2, 0.25) is 0 Å². The fraction of sp³-hybridized carbons (Fsp3) is 0.286. The van der Waals surface area contributed by atoms with E-state index < -0.39 is 6.10 Å². The van der Waals surface area contributed by atoms with Crippen LogP contribution in [0.1, 0.15) is 22.8 Å². The highest BCUT2D eigenvalue weighted by atomic mass is 35.5. The van der Waals surface area contributed by atoms with Gasteiger partial charge in [-0.05, 0) is 44.2 Å². The average molecular weight is 283 g/mol. The van der Waals surface area contributed by atoms with Crippen molar-refractivity contribution in [2.45, 2.75) is 26.1 Å². The van der Waals surface area contributed by atoms with Gasteiger partial charge in [0.05, 0.1) is 0 Å². The highest BCUT2D eigenvalue weighted by molar-refractivity contribution is 7.12. The van der Waals surface area contributed by atoms with Gasteiger partial charge in [-0.25, -0.2) is 0 Å². The maximum atomic E-state index is 10.2. The van der Waals surface area contributed by atoms with Gasteiger partial charge < -0.3 is 9.84 Å². The zero-order valence-electron chi connectivity index (χ0n) is 10.3. The Labute approximate surface area is 116 Å². The second-order valence-electron chi connectivity index (χ2n) is 4.17. The lowest BCUT2D eigenvalue weighted by atomic mass is 10.2. The number of hydrogen-bond acceptors (Lipinski definition) is 3. The summed E-state index contributed by atoms with van der Waals surface area (Å²) in [7, 11) is 0. The number of thiophene rings is 1. The fourth-order valence-electron chi connectivity index (χ4n) is 1.66. The molecule has 0 aliphatic carbocycles. The predicted octanol–water partition coefficient (Wildman–Crippen LogP) is 4.21. The lowest BCUT2D eigenvalue weighted by Gasteiger charge is -2.19. The van der Waals surface area contributed by atoms with Crippen molar-refractivity contribution in [1.29, 1.82) is 0 Å². The van der Waals surface area contributed by atoms with Gasteiger partial charge in [-0.15, -0.1) is 11.3 Å². The largest absolute Gasteiger partial charge is 0.488 e. The highest BCUT2D eigenvalue weighted by Gasteiger charge is 2.19. The van der Waals surface area contributed by atoms with Crippen LogP contribution in [0.2, 0.25) is 5.02 Å². The van der Waals surface area contributed by atoms with Crippen molar-refractivity contribution in [3.63, 3.8) is 0 Å². The molecular weight excluding hydrogens is 268 g/mol. The van der Waals surface area contributed by atoms with Crippen molar-refractivity contribution in [1.82, 2.24) is 0 Å². The molecule has 1 aromatic heterocycles. The van der Waals surface area contributed by atoms with Gasteiger partial charge in [0.15, 0.2) is 0 Å². The Balaban J connectivity index is 2.05. The monoisotopic (exact) mass is 282 g/mol. The van der Waals surface area contributed by atoms with Crippen molar-refractivity contribution in [2.75, 3.05) is 0 Å². The van der Waals surface area contributed by atoms with E-state index in [9.17, 15) is 5.11 Å². The number of aliphatic hydroxyl groups excluding tert-OH is 1. The Bertz CT molecular complexity index is 524. The van der Waals surface area contributed by atoms with Gasteiger partial charge in [-0.3, -0.25) is 0 Å². The van der Waals surface area contributed by atoms with E-state index in [4.69, 9.17) is 16.3 Å². The third-order valence-corrected chi connectivity index (χ3v) is 3.92. The number of aryl methyl sites for hydroxylation is 1. The van der Waals surface area contributed by atoms with Crippen LogP contribution in [0.15, 0.2) is 36.4 Å². The molecule has 2 atom stereocenters. The molecule has 2 nitrogen and oxygen atoms in total. The Morgan fingerprint density at radius 2 is 2.06 bits per heavy atom. The van der Waals surface area contributed by atoms with E-state index in [-0.39, 0.29) is 6.10 Å². The second kappa shape index (κ2) is 5.74. The van der Waals surface area contributed by atoms with Gasteiger partial charge in [0.1, 0.15) is 18.0 Å². The number of ether oxygens (including phenoxy) is 1. The van der Waals surface area contributed by atoms with Gasteiger partial charge in [-0.1, -0.05) is 17.7 Å². The van der Waals surface area contributed by atoms with Crippen LogP contribution < -0.4 is 4.74 Å². The molecule has 1 heterocycles. The van der Waals surface area contributed by atoms with Crippen LogP contribution in [0.4, 0.5) is 0 Å². The van der Waals surface area contributed by atoms with E-state index in [0.29, 0.717) is 10.8 Å². The summed E-state index contributed by atoms with van der Waals surface area (Å²) >= 11 is 7.47. The van der Waals surface area contributed by atoms with Crippen LogP contribution in [-0.4, -0.2) is 11.2 Å². The summed E-state index contributed by atoms with van der Waals surface area (Å²) in [6.45, 7) is 3.87. The highest BCUT2D eigenvalue weighted by Crippen LogP contribution is 2.28. The molecule has 0 aliphatic heterocycles. The maximum absolute atomic E-state index is 10.2. The van der Waals surface area contributed by atoms with E-state index in [1.165, 1.54) is 4.88 Å². The van der Waals surface area contributed by atoms with Crippen molar-refractivity contribution >= 4 is 22.9 Å². The molecule has 1 aromatic carbocycles. The molecule has 0 bridgehead atoms. The molecule has 0 amide bonds. The maximum Gasteiger partial charge on any atom is 0.127 e. The van der Waals surface area contributed by atoms with Gasteiger partial charge in [0, 0.05) is 14.8 Å². The average Bonchev–Trinajstić information content (AvgIpc) is 2.75. The number of hydrogen-bond donors (Lipinski definition) is 1. The van der Waals surface area contributed by atoms with E-state index >= 15 is 0 Å². The van der Waals surface area contributed by atoms with Crippen molar-refractivity contribution in [3.8, 4) is 5.75 Å². The summed E-state index contributed by atoms with van der Waals surface area (Å²) in [6.07, 6.45) is -0.941. The van der Waals surface area contributed by atoms with E-state index in [1.807, 2.05) is 38.1 Å². The van der Waals surface area contributed by atoms with E-state index in [1.54, 1.807) is 23.5 Å². The van der Waals surface area contributed by atoms with Crippen molar-refractivity contribution in [3.05, 3.63) is 51.2 Å². The van der Waals surface area contributed by atoms with Crippen LogP contribution in [-0.2, 0) is 0 Å². The van der Waals surface area contributed by atoms with Gasteiger partial charge in [-0.2, -0.15) is 0 Å². The molecule has 0 spiro atoms. The first-order valence-electron chi connectivity index (χ1n) is 5.73. The first kappa shape index (κ1) is 13.4. The molecule has 0 saturated carbocycles. The lowest BCUT2D eigenvalue weighted by Crippen LogP contribution is -2.20. The summed E-state index contributed by atoms with van der Waals surface area (Å²) < 4.78 is 5.69. The first-order chi connectivity index (χ1) is 8.56. The van der Waals surface area contributed by atoms with Crippen molar-refractivity contribution < 1.29 is 9.84 Å². The zero-order chi connectivity index (χ0) is 13.1. The standard InChI is InChI=1S/C14H15ClO2S/c1-9-6-7-13(18-9)14(16)10(2)17-12-5-3-4-11(15)8-12/h3-8,10,14,16H,1-2H3. The normalized spacial score (nSPS) is 14.2. The minimum atomic E-state index is -0.623. The number of aliphatic hydroxyl groups is 1. The van der Waals surface area contributed by atoms with Crippen LogP contribution in [0, 0.1) is 6.92 Å². The molecule has 2 unspecified atom stereocenters. The smallest absolute Gasteiger partial charge is 0.127 e. The summed E-state index contributed by atoms with van der Waals surface area (Å²) in [5.41, 5.74) is 0. The van der Waals surface area contributed by atoms with E-state index in [0.717, 1.165) is 4.88 Å². The molecule has 4 heteroatoms. The summed E-state index contributed by atoms with van der Waals surface area (Å²) in [5, 5.41) is 10.8. The third kappa shape index (κ3) is 3.25. The molecule has 0 saturated heterocycles. The Morgan fingerprint density at radius 3 is 2.67 bits per heavy atom. The van der Waals surface area contributed by atoms with E-state index in [2.05, 4.69) is 0 Å². The SMILES string of the molecule is Cc1ccc(C(O)C(C)Oc2cccc(Cl)c2)s1. The van der Waals surface area contributed by atoms with Gasteiger partial charge in [0.25, 0.3) is 0 Å². The summed E-state index contributed by atoms with van der Waals surface area (Å²) in [5.74, 6) is 0.669. The Hall–Kier alpha value is -1.03. The Kier molecular flexibility index (Phi) is 4.27. The molecule has 2 rings (SSSR count). The zero-order valence-corrected chi connectivity index (χ0v) is 11.8. The molecule has 2 aromatic rings. The molecule has 0 fully saturated rings. The minimum Gasteiger partial charge on any atom is -0.488 e.